The number of pyridine rings is 1. The summed E-state index contributed by atoms with van der Waals surface area (Å²) in [5.41, 5.74) is 0.658. The van der Waals surface area contributed by atoms with E-state index in [2.05, 4.69) is 15.1 Å². The molecule has 0 bridgehead atoms. The Bertz CT molecular complexity index is 906. The quantitative estimate of drug-likeness (QED) is 0.533. The van der Waals surface area contributed by atoms with Gasteiger partial charge >= 0.3 is 0 Å². The molecule has 0 radical (unpaired) electrons. The molecule has 0 aliphatic carbocycles. The van der Waals surface area contributed by atoms with Crippen LogP contribution in [0.3, 0.4) is 0 Å². The van der Waals surface area contributed by atoms with E-state index >= 15 is 0 Å². The number of alkyl halides is 1. The van der Waals surface area contributed by atoms with E-state index in [1.807, 2.05) is 6.26 Å². The minimum atomic E-state index is -1.32. The van der Waals surface area contributed by atoms with Gasteiger partial charge in [-0.1, -0.05) is 29.4 Å². The second-order valence-corrected chi connectivity index (χ2v) is 6.07. The molecule has 0 N–H and O–H groups in total. The van der Waals surface area contributed by atoms with E-state index in [0.29, 0.717) is 22.6 Å². The van der Waals surface area contributed by atoms with Crippen LogP contribution in [0.4, 0.5) is 4.39 Å². The number of fused-ring (bicyclic) bond motifs is 1. The molecule has 0 spiro atoms. The molecule has 1 atom stereocenters. The van der Waals surface area contributed by atoms with Crippen LogP contribution in [0.5, 0.6) is 0 Å². The topological polar surface area (TPSA) is 65.1 Å². The Balaban J connectivity index is 2.21. The average molecular weight is 354 g/mol. The summed E-state index contributed by atoms with van der Waals surface area (Å²) in [6.07, 6.45) is 2.10. The first-order valence-corrected chi connectivity index (χ1v) is 8.39. The number of hydrogen-bond acceptors (Lipinski definition) is 5. The second kappa shape index (κ2) is 6.29. The molecule has 0 aromatic carbocycles. The molecule has 0 amide bonds. The van der Waals surface area contributed by atoms with Gasteiger partial charge in [0.15, 0.2) is 0 Å². The Morgan fingerprint density at radius 3 is 2.83 bits per heavy atom. The summed E-state index contributed by atoms with van der Waals surface area (Å²) in [4.78, 5) is 20.5. The van der Waals surface area contributed by atoms with Crippen molar-refractivity contribution in [1.29, 1.82) is 0 Å². The van der Waals surface area contributed by atoms with E-state index < -0.39 is 11.7 Å². The molecule has 9 heteroatoms. The highest BCUT2D eigenvalue weighted by molar-refractivity contribution is 7.98. The van der Waals surface area contributed by atoms with Crippen LogP contribution in [-0.4, -0.2) is 30.4 Å². The zero-order valence-corrected chi connectivity index (χ0v) is 14.0. The maximum absolute atomic E-state index is 14.0. The van der Waals surface area contributed by atoms with Crippen LogP contribution in [0, 0.1) is 0 Å². The van der Waals surface area contributed by atoms with Crippen LogP contribution in [0.2, 0.25) is 5.15 Å². The molecule has 23 heavy (non-hydrogen) atoms. The lowest BCUT2D eigenvalue weighted by Gasteiger charge is -2.15. The molecule has 3 rings (SSSR count). The van der Waals surface area contributed by atoms with E-state index in [9.17, 15) is 9.18 Å². The van der Waals surface area contributed by atoms with Crippen LogP contribution in [0.15, 0.2) is 34.3 Å². The van der Waals surface area contributed by atoms with Crippen molar-refractivity contribution in [3.8, 4) is 0 Å². The van der Waals surface area contributed by atoms with Crippen molar-refractivity contribution in [2.45, 2.75) is 24.8 Å². The molecule has 1 unspecified atom stereocenters. The summed E-state index contributed by atoms with van der Waals surface area (Å²) in [6.45, 7) is 1.69. The molecular weight excluding hydrogens is 341 g/mol. The van der Waals surface area contributed by atoms with Gasteiger partial charge in [-0.2, -0.15) is 9.50 Å². The van der Waals surface area contributed by atoms with Gasteiger partial charge in [0.2, 0.25) is 10.9 Å². The summed E-state index contributed by atoms with van der Waals surface area (Å²) in [7, 11) is 0. The van der Waals surface area contributed by atoms with Crippen molar-refractivity contribution in [3.05, 3.63) is 51.2 Å². The maximum Gasteiger partial charge on any atom is 0.276 e. The first-order valence-electron chi connectivity index (χ1n) is 6.78. The number of aromatic nitrogens is 5. The third kappa shape index (κ3) is 3.09. The third-order valence-corrected chi connectivity index (χ3v) is 4.08. The van der Waals surface area contributed by atoms with Gasteiger partial charge in [0, 0.05) is 12.3 Å². The van der Waals surface area contributed by atoms with Crippen LogP contribution < -0.4 is 5.56 Å². The van der Waals surface area contributed by atoms with Crippen molar-refractivity contribution in [2.24, 2.45) is 0 Å². The molecule has 0 fully saturated rings. The normalized spacial score (nSPS) is 12.7. The Hall–Kier alpha value is -1.93. The Morgan fingerprint density at radius 1 is 1.43 bits per heavy atom. The van der Waals surface area contributed by atoms with Crippen molar-refractivity contribution < 1.29 is 4.39 Å². The highest BCUT2D eigenvalue weighted by atomic mass is 35.5. The summed E-state index contributed by atoms with van der Waals surface area (Å²) >= 11 is 7.10. The number of rotatable bonds is 4. The zero-order valence-electron chi connectivity index (χ0n) is 12.4. The SMILES string of the molecule is CSc1nc2n(Cc3ccc(Cl)nc3)c(C(C)F)cc(=O)n2n1. The Labute approximate surface area is 140 Å². The molecule has 3 aromatic heterocycles. The van der Waals surface area contributed by atoms with Gasteiger partial charge < -0.3 is 4.57 Å². The predicted molar refractivity (Wildman–Crippen MR) is 86.9 cm³/mol. The maximum atomic E-state index is 14.0. The zero-order chi connectivity index (χ0) is 16.6. The minimum absolute atomic E-state index is 0.248. The van der Waals surface area contributed by atoms with Crippen LogP contribution in [0.1, 0.15) is 24.4 Å². The predicted octanol–water partition coefficient (Wildman–Crippen LogP) is 2.74. The average Bonchev–Trinajstić information content (AvgIpc) is 2.96. The van der Waals surface area contributed by atoms with Crippen LogP contribution >= 0.6 is 23.4 Å². The van der Waals surface area contributed by atoms with Crippen LogP contribution in [0.25, 0.3) is 5.78 Å². The highest BCUT2D eigenvalue weighted by Gasteiger charge is 2.17. The highest BCUT2D eigenvalue weighted by Crippen LogP contribution is 2.20. The molecule has 6 nitrogen and oxygen atoms in total. The van der Waals surface area contributed by atoms with E-state index in [4.69, 9.17) is 11.6 Å². The second-order valence-electron chi connectivity index (χ2n) is 4.91. The van der Waals surface area contributed by atoms with E-state index in [-0.39, 0.29) is 5.69 Å². The standard InChI is InChI=1S/C14H13ClFN5OS/c1-8(16)10-5-12(22)21-14(18-13(19-21)23-2)20(10)7-9-3-4-11(15)17-6-9/h3-6,8H,7H2,1-2H3. The monoisotopic (exact) mass is 353 g/mol. The minimum Gasteiger partial charge on any atom is -0.306 e. The van der Waals surface area contributed by atoms with Gasteiger partial charge in [0.25, 0.3) is 5.56 Å². The fourth-order valence-electron chi connectivity index (χ4n) is 2.25. The first-order chi connectivity index (χ1) is 11.0. The summed E-state index contributed by atoms with van der Waals surface area (Å²) in [5.74, 6) is 0.302. The molecule has 0 saturated heterocycles. The van der Waals surface area contributed by atoms with Crippen molar-refractivity contribution in [3.63, 3.8) is 0 Å². The molecule has 0 saturated carbocycles. The lowest BCUT2D eigenvalue weighted by molar-refractivity contribution is 0.353. The van der Waals surface area contributed by atoms with E-state index in [1.54, 1.807) is 22.9 Å². The first kappa shape index (κ1) is 15.9. The van der Waals surface area contributed by atoms with Crippen molar-refractivity contribution >= 4 is 29.1 Å². The van der Waals surface area contributed by atoms with Gasteiger partial charge in [-0.05, 0) is 24.8 Å². The smallest absolute Gasteiger partial charge is 0.276 e. The van der Waals surface area contributed by atoms with Gasteiger partial charge in [-0.15, -0.1) is 5.10 Å². The number of hydrogen-bond donors (Lipinski definition) is 0. The number of halogens is 2. The van der Waals surface area contributed by atoms with Crippen molar-refractivity contribution in [2.75, 3.05) is 6.26 Å². The fourth-order valence-corrected chi connectivity index (χ4v) is 2.70. The summed E-state index contributed by atoms with van der Waals surface area (Å²) in [6, 6.07) is 4.70. The Morgan fingerprint density at radius 2 is 2.22 bits per heavy atom. The molecular formula is C14H13ClFN5OS. The summed E-state index contributed by atoms with van der Waals surface area (Å²) < 4.78 is 16.8. The molecule has 0 aliphatic rings. The lowest BCUT2D eigenvalue weighted by atomic mass is 10.2. The van der Waals surface area contributed by atoms with Gasteiger partial charge in [0.1, 0.15) is 11.3 Å². The number of nitrogens with zero attached hydrogens (tertiary/aromatic N) is 5. The molecule has 0 aliphatic heterocycles. The van der Waals surface area contributed by atoms with Crippen LogP contribution in [-0.2, 0) is 6.54 Å². The Kier molecular flexibility index (Phi) is 4.36. The molecule has 3 aromatic rings. The van der Waals surface area contributed by atoms with E-state index in [1.165, 1.54) is 29.3 Å². The van der Waals surface area contributed by atoms with Crippen molar-refractivity contribution in [1.82, 2.24) is 24.1 Å². The van der Waals surface area contributed by atoms with Gasteiger partial charge in [0.05, 0.1) is 12.2 Å². The number of thioether (sulfide) groups is 1. The largest absolute Gasteiger partial charge is 0.306 e. The molecule has 3 heterocycles. The fraction of sp³-hybridized carbons (Fsp3) is 0.286. The van der Waals surface area contributed by atoms with E-state index in [0.717, 1.165) is 5.56 Å². The summed E-state index contributed by atoms with van der Waals surface area (Å²) in [5, 5.41) is 4.96. The van der Waals surface area contributed by atoms with Gasteiger partial charge in [-0.3, -0.25) is 4.79 Å². The molecule has 120 valence electrons. The third-order valence-electron chi connectivity index (χ3n) is 3.32. The van der Waals surface area contributed by atoms with Gasteiger partial charge in [-0.25, -0.2) is 9.37 Å². The lowest BCUT2D eigenvalue weighted by Crippen LogP contribution is -2.22.